The van der Waals surface area contributed by atoms with Crippen LogP contribution in [0.5, 0.6) is 0 Å². The van der Waals surface area contributed by atoms with Crippen LogP contribution in [0.3, 0.4) is 0 Å². The standard InChI is InChI=1S/C14H19ClO6/c1-7-2-3-8(4-9(7)15)5-10(17)12(19)14(21)13(20)11(18)6-16/h2-5,11-14,16-21H,6H2,1H3/t11-,12+,13-,14-/m1/s1. The van der Waals surface area contributed by atoms with Crippen molar-refractivity contribution in [3.05, 3.63) is 40.1 Å². The summed E-state index contributed by atoms with van der Waals surface area (Å²) in [4.78, 5) is 0. The van der Waals surface area contributed by atoms with E-state index in [4.69, 9.17) is 16.7 Å². The first kappa shape index (κ1) is 17.9. The number of benzene rings is 1. The predicted octanol–water partition coefficient (Wildman–Crippen LogP) is -0.0168. The molecule has 0 heterocycles. The second-order valence-corrected chi connectivity index (χ2v) is 5.16. The van der Waals surface area contributed by atoms with Crippen LogP contribution in [-0.4, -0.2) is 61.7 Å². The van der Waals surface area contributed by atoms with E-state index in [1.165, 1.54) is 6.08 Å². The predicted molar refractivity (Wildman–Crippen MR) is 77.9 cm³/mol. The molecule has 0 aliphatic heterocycles. The highest BCUT2D eigenvalue weighted by molar-refractivity contribution is 6.31. The van der Waals surface area contributed by atoms with Crippen molar-refractivity contribution in [3.8, 4) is 0 Å². The van der Waals surface area contributed by atoms with E-state index in [-0.39, 0.29) is 0 Å². The average Bonchev–Trinajstić information content (AvgIpc) is 2.47. The summed E-state index contributed by atoms with van der Waals surface area (Å²) in [6, 6.07) is 4.93. The molecule has 1 aromatic rings. The van der Waals surface area contributed by atoms with Gasteiger partial charge in [0.25, 0.3) is 0 Å². The molecule has 0 aromatic heterocycles. The van der Waals surface area contributed by atoms with E-state index in [2.05, 4.69) is 0 Å². The van der Waals surface area contributed by atoms with Gasteiger partial charge in [-0.3, -0.25) is 0 Å². The van der Waals surface area contributed by atoms with Crippen LogP contribution in [0.1, 0.15) is 11.1 Å². The minimum atomic E-state index is -1.86. The lowest BCUT2D eigenvalue weighted by molar-refractivity contribution is -0.112. The van der Waals surface area contributed by atoms with Gasteiger partial charge in [0.2, 0.25) is 0 Å². The Labute approximate surface area is 127 Å². The van der Waals surface area contributed by atoms with E-state index < -0.39 is 36.8 Å². The third kappa shape index (κ3) is 4.67. The molecule has 0 fully saturated rings. The van der Waals surface area contributed by atoms with Gasteiger partial charge < -0.3 is 30.6 Å². The number of hydrogen-bond acceptors (Lipinski definition) is 6. The molecule has 118 valence electrons. The molecule has 1 rings (SSSR count). The van der Waals surface area contributed by atoms with Gasteiger partial charge in [0.05, 0.1) is 6.61 Å². The summed E-state index contributed by atoms with van der Waals surface area (Å²) in [6.45, 7) is 1.02. The van der Waals surface area contributed by atoms with Crippen molar-refractivity contribution in [3.63, 3.8) is 0 Å². The summed E-state index contributed by atoms with van der Waals surface area (Å²) < 4.78 is 0. The lowest BCUT2D eigenvalue weighted by atomic mass is 10.0. The lowest BCUT2D eigenvalue weighted by Crippen LogP contribution is -2.46. The Morgan fingerprint density at radius 1 is 1.19 bits per heavy atom. The quantitative estimate of drug-likeness (QED) is 0.410. The molecule has 7 heteroatoms. The van der Waals surface area contributed by atoms with Gasteiger partial charge in [-0.1, -0.05) is 23.7 Å². The summed E-state index contributed by atoms with van der Waals surface area (Å²) in [5.41, 5.74) is 1.34. The molecule has 1 aromatic carbocycles. The molecule has 0 saturated carbocycles. The van der Waals surface area contributed by atoms with Crippen molar-refractivity contribution < 1.29 is 30.6 Å². The molecule has 0 spiro atoms. The minimum absolute atomic E-state index is 0.474. The van der Waals surface area contributed by atoms with E-state index in [1.54, 1.807) is 25.1 Å². The van der Waals surface area contributed by atoms with Crippen LogP contribution >= 0.6 is 11.6 Å². The molecule has 6 N–H and O–H groups in total. The first-order chi connectivity index (χ1) is 9.77. The number of halogens is 1. The summed E-state index contributed by atoms with van der Waals surface area (Å²) in [6.07, 6.45) is -5.93. The lowest BCUT2D eigenvalue weighted by Gasteiger charge is -2.25. The van der Waals surface area contributed by atoms with Crippen LogP contribution in [0.2, 0.25) is 5.02 Å². The maximum atomic E-state index is 9.76. The minimum Gasteiger partial charge on any atom is -0.509 e. The third-order valence-electron chi connectivity index (χ3n) is 3.07. The van der Waals surface area contributed by atoms with Gasteiger partial charge in [-0.15, -0.1) is 0 Å². The molecular formula is C14H19ClO6. The smallest absolute Gasteiger partial charge is 0.139 e. The Bertz CT molecular complexity index is 504. The molecule has 0 aliphatic rings. The summed E-state index contributed by atoms with van der Waals surface area (Å²) in [5.74, 6) is -0.605. The molecule has 0 aliphatic carbocycles. The highest BCUT2D eigenvalue weighted by Gasteiger charge is 2.32. The molecule has 0 saturated heterocycles. The Kier molecular flexibility index (Phi) is 6.60. The van der Waals surface area contributed by atoms with Gasteiger partial charge in [-0.25, -0.2) is 0 Å². The Balaban J connectivity index is 2.87. The molecule has 21 heavy (non-hydrogen) atoms. The second-order valence-electron chi connectivity index (χ2n) is 4.75. The Morgan fingerprint density at radius 2 is 1.81 bits per heavy atom. The van der Waals surface area contributed by atoms with E-state index in [0.717, 1.165) is 5.56 Å². The van der Waals surface area contributed by atoms with Crippen molar-refractivity contribution >= 4 is 17.7 Å². The van der Waals surface area contributed by atoms with Gasteiger partial charge >= 0.3 is 0 Å². The molecule has 6 nitrogen and oxygen atoms in total. The highest BCUT2D eigenvalue weighted by Crippen LogP contribution is 2.20. The van der Waals surface area contributed by atoms with Crippen molar-refractivity contribution in [2.45, 2.75) is 31.3 Å². The first-order valence-electron chi connectivity index (χ1n) is 6.27. The molecule has 0 bridgehead atoms. The number of aliphatic hydroxyl groups excluding tert-OH is 6. The van der Waals surface area contributed by atoms with Gasteiger partial charge in [-0.05, 0) is 30.2 Å². The number of aryl methyl sites for hydroxylation is 1. The van der Waals surface area contributed by atoms with Gasteiger partial charge in [-0.2, -0.15) is 0 Å². The molecule has 0 radical (unpaired) electrons. The van der Waals surface area contributed by atoms with E-state index in [1.807, 2.05) is 0 Å². The normalized spacial score (nSPS) is 18.1. The summed E-state index contributed by atoms with van der Waals surface area (Å²) in [7, 11) is 0. The summed E-state index contributed by atoms with van der Waals surface area (Å²) >= 11 is 5.93. The van der Waals surface area contributed by atoms with Gasteiger partial charge in [0.1, 0.15) is 30.2 Å². The fourth-order valence-electron chi connectivity index (χ4n) is 1.65. The SMILES string of the molecule is Cc1ccc(C=C(O)[C@H](O)[C@@H](O)[C@H](O)[C@H](O)CO)cc1Cl. The van der Waals surface area contributed by atoms with Crippen LogP contribution in [0.15, 0.2) is 24.0 Å². The number of hydrogen-bond donors (Lipinski definition) is 6. The zero-order valence-electron chi connectivity index (χ0n) is 11.4. The monoisotopic (exact) mass is 318 g/mol. The van der Waals surface area contributed by atoms with Gasteiger partial charge in [0, 0.05) is 5.02 Å². The van der Waals surface area contributed by atoms with Crippen LogP contribution < -0.4 is 0 Å². The molecule has 0 amide bonds. The first-order valence-corrected chi connectivity index (χ1v) is 6.65. The van der Waals surface area contributed by atoms with Crippen LogP contribution in [0.4, 0.5) is 0 Å². The fraction of sp³-hybridized carbons (Fsp3) is 0.429. The maximum Gasteiger partial charge on any atom is 0.139 e. The van der Waals surface area contributed by atoms with Crippen molar-refractivity contribution in [2.75, 3.05) is 6.61 Å². The number of rotatable bonds is 6. The highest BCUT2D eigenvalue weighted by atomic mass is 35.5. The zero-order valence-corrected chi connectivity index (χ0v) is 12.1. The van der Waals surface area contributed by atoms with Crippen molar-refractivity contribution in [1.29, 1.82) is 0 Å². The fourth-order valence-corrected chi connectivity index (χ4v) is 1.84. The van der Waals surface area contributed by atoms with Gasteiger partial charge in [0.15, 0.2) is 0 Å². The van der Waals surface area contributed by atoms with Crippen LogP contribution in [0, 0.1) is 6.92 Å². The summed E-state index contributed by atoms with van der Waals surface area (Å²) in [5, 5.41) is 56.9. The molecular weight excluding hydrogens is 300 g/mol. The third-order valence-corrected chi connectivity index (χ3v) is 3.48. The van der Waals surface area contributed by atoms with E-state index in [9.17, 15) is 25.5 Å². The topological polar surface area (TPSA) is 121 Å². The van der Waals surface area contributed by atoms with E-state index >= 15 is 0 Å². The zero-order chi connectivity index (χ0) is 16.2. The van der Waals surface area contributed by atoms with Crippen molar-refractivity contribution in [2.24, 2.45) is 0 Å². The average molecular weight is 319 g/mol. The van der Waals surface area contributed by atoms with Crippen molar-refractivity contribution in [1.82, 2.24) is 0 Å². The van der Waals surface area contributed by atoms with E-state index in [0.29, 0.717) is 10.6 Å². The Hall–Kier alpha value is -1.15. The molecule has 0 unspecified atom stereocenters. The molecule has 4 atom stereocenters. The maximum absolute atomic E-state index is 9.76. The largest absolute Gasteiger partial charge is 0.509 e. The number of aliphatic hydroxyl groups is 6. The van der Waals surface area contributed by atoms with Crippen LogP contribution in [0.25, 0.3) is 6.08 Å². The second kappa shape index (κ2) is 7.74. The Morgan fingerprint density at radius 3 is 2.33 bits per heavy atom. The van der Waals surface area contributed by atoms with Crippen LogP contribution in [-0.2, 0) is 0 Å².